The molecular weight excluding hydrogens is 120 g/mol. The minimum atomic E-state index is -0.0301. The van der Waals surface area contributed by atoms with E-state index in [1.807, 2.05) is 23.8 Å². The third-order valence-electron chi connectivity index (χ3n) is 0.962. The average Bonchev–Trinajstić information content (AvgIpc) is 1.77. The van der Waals surface area contributed by atoms with Crippen LogP contribution in [-0.4, -0.2) is 16.4 Å². The van der Waals surface area contributed by atoms with Gasteiger partial charge in [0.15, 0.2) is 0 Å². The van der Waals surface area contributed by atoms with Crippen LogP contribution < -0.4 is 0 Å². The highest BCUT2D eigenvalue weighted by atomic mass is 32.2. The van der Waals surface area contributed by atoms with Crippen molar-refractivity contribution >= 4 is 15.5 Å². The lowest BCUT2D eigenvalue weighted by molar-refractivity contribution is 0.573. The predicted octanol–water partition coefficient (Wildman–Crippen LogP) is 1.66. The van der Waals surface area contributed by atoms with Crippen LogP contribution in [0.5, 0.6) is 0 Å². The molecule has 0 amide bonds. The van der Waals surface area contributed by atoms with Gasteiger partial charge in [0.1, 0.15) is 0 Å². The van der Waals surface area contributed by atoms with Gasteiger partial charge in [-0.05, 0) is 17.7 Å². The highest BCUT2D eigenvalue weighted by Crippen LogP contribution is 2.13. The molecule has 1 aliphatic heterocycles. The first-order valence-electron chi connectivity index (χ1n) is 2.36. The molecule has 0 aromatic rings. The zero-order valence-electron chi connectivity index (χ0n) is 4.66. The summed E-state index contributed by atoms with van der Waals surface area (Å²) in [6.07, 6.45) is 7.49. The lowest BCUT2D eigenvalue weighted by Gasteiger charge is -1.99. The van der Waals surface area contributed by atoms with Gasteiger partial charge in [-0.1, -0.05) is 12.2 Å². The van der Waals surface area contributed by atoms with E-state index >= 15 is 0 Å². The SMILES string of the molecule is CS1=C(O)C=CC=C1. The topological polar surface area (TPSA) is 20.2 Å². The zero-order chi connectivity index (χ0) is 5.98. The maximum Gasteiger partial charge on any atom is 0.0991 e. The lowest BCUT2D eigenvalue weighted by Crippen LogP contribution is -1.90. The standard InChI is InChI=1S/C6H8OS/c1-8-5-3-2-4-6(8)7/h2-5,7H,1H3. The maximum atomic E-state index is 8.97. The van der Waals surface area contributed by atoms with Gasteiger partial charge in [-0.2, -0.15) is 0 Å². The normalized spacial score (nSPS) is 26.8. The highest BCUT2D eigenvalue weighted by Gasteiger charge is 1.90. The fourth-order valence-electron chi connectivity index (χ4n) is 0.478. The Balaban J connectivity index is 2.97. The Hall–Kier alpha value is -0.340. The molecule has 0 aliphatic carbocycles. The van der Waals surface area contributed by atoms with E-state index in [9.17, 15) is 0 Å². The molecule has 0 bridgehead atoms. The first-order valence-corrected chi connectivity index (χ1v) is 4.06. The summed E-state index contributed by atoms with van der Waals surface area (Å²) < 4.78 is 0. The summed E-state index contributed by atoms with van der Waals surface area (Å²) in [6.45, 7) is 0. The van der Waals surface area contributed by atoms with Crippen molar-refractivity contribution in [3.8, 4) is 0 Å². The minimum Gasteiger partial charge on any atom is -0.355 e. The van der Waals surface area contributed by atoms with Crippen LogP contribution in [0.15, 0.2) is 23.6 Å². The van der Waals surface area contributed by atoms with Crippen molar-refractivity contribution in [3.05, 3.63) is 23.6 Å². The van der Waals surface area contributed by atoms with Crippen LogP contribution in [-0.2, 0) is 0 Å². The van der Waals surface area contributed by atoms with E-state index in [1.165, 1.54) is 0 Å². The Bertz CT molecular complexity index is 157. The van der Waals surface area contributed by atoms with Gasteiger partial charge in [0.05, 0.1) is 5.05 Å². The molecule has 0 saturated carbocycles. The monoisotopic (exact) mass is 128 g/mol. The number of hydrogen-bond donors (Lipinski definition) is 1. The lowest BCUT2D eigenvalue weighted by atomic mass is 10.5. The van der Waals surface area contributed by atoms with Crippen LogP contribution in [0.25, 0.3) is 0 Å². The Morgan fingerprint density at radius 2 is 2.25 bits per heavy atom. The maximum absolute atomic E-state index is 8.97. The van der Waals surface area contributed by atoms with Crippen LogP contribution >= 0.6 is 10.5 Å². The van der Waals surface area contributed by atoms with E-state index < -0.39 is 0 Å². The van der Waals surface area contributed by atoms with Gasteiger partial charge in [-0.15, -0.1) is 10.5 Å². The van der Waals surface area contributed by atoms with Crippen LogP contribution in [0.4, 0.5) is 0 Å². The number of allylic oxidation sites excluding steroid dienone is 2. The van der Waals surface area contributed by atoms with Gasteiger partial charge in [-0.3, -0.25) is 0 Å². The Labute approximate surface area is 51.3 Å². The van der Waals surface area contributed by atoms with Gasteiger partial charge in [-0.25, -0.2) is 0 Å². The molecule has 8 heavy (non-hydrogen) atoms. The fraction of sp³-hybridized carbons (Fsp3) is 0.167. The number of aliphatic hydroxyl groups is 1. The molecule has 0 spiro atoms. The summed E-state index contributed by atoms with van der Waals surface area (Å²) in [5, 5.41) is 11.4. The molecule has 0 saturated heterocycles. The van der Waals surface area contributed by atoms with Crippen molar-refractivity contribution in [3.63, 3.8) is 0 Å². The Kier molecular flexibility index (Phi) is 1.65. The van der Waals surface area contributed by atoms with Gasteiger partial charge in [0.2, 0.25) is 0 Å². The molecule has 1 heterocycles. The van der Waals surface area contributed by atoms with Crippen LogP contribution in [0, 0.1) is 0 Å². The summed E-state index contributed by atoms with van der Waals surface area (Å²) in [5.41, 5.74) is 0. The van der Waals surface area contributed by atoms with E-state index in [0.29, 0.717) is 5.05 Å². The molecule has 0 aromatic heterocycles. The Morgan fingerprint density at radius 3 is 2.62 bits per heavy atom. The van der Waals surface area contributed by atoms with Crippen molar-refractivity contribution in [1.82, 2.24) is 0 Å². The number of rotatable bonds is 0. The minimum absolute atomic E-state index is 0.0301. The van der Waals surface area contributed by atoms with Gasteiger partial charge in [0, 0.05) is 0 Å². The summed E-state index contributed by atoms with van der Waals surface area (Å²) in [5.74, 6) is 0. The number of aliphatic hydroxyl groups excluding tert-OH is 1. The van der Waals surface area contributed by atoms with Crippen molar-refractivity contribution in [2.45, 2.75) is 0 Å². The smallest absolute Gasteiger partial charge is 0.0991 e. The van der Waals surface area contributed by atoms with Crippen molar-refractivity contribution in [2.75, 3.05) is 6.26 Å². The second-order valence-corrected chi connectivity index (χ2v) is 3.39. The van der Waals surface area contributed by atoms with Crippen molar-refractivity contribution < 1.29 is 5.11 Å². The molecule has 1 unspecified atom stereocenters. The van der Waals surface area contributed by atoms with Crippen molar-refractivity contribution in [1.29, 1.82) is 0 Å². The summed E-state index contributed by atoms with van der Waals surface area (Å²) in [4.78, 5) is 0. The van der Waals surface area contributed by atoms with E-state index in [-0.39, 0.29) is 10.5 Å². The second kappa shape index (κ2) is 2.29. The quantitative estimate of drug-likeness (QED) is 0.492. The largest absolute Gasteiger partial charge is 0.355 e. The first kappa shape index (κ1) is 5.79. The van der Waals surface area contributed by atoms with E-state index in [2.05, 4.69) is 0 Å². The molecule has 44 valence electrons. The second-order valence-electron chi connectivity index (χ2n) is 1.58. The van der Waals surface area contributed by atoms with E-state index in [0.717, 1.165) is 0 Å². The third-order valence-corrected chi connectivity index (χ3v) is 2.32. The van der Waals surface area contributed by atoms with Gasteiger partial charge < -0.3 is 5.11 Å². The fourth-order valence-corrected chi connectivity index (χ4v) is 1.24. The molecule has 0 fully saturated rings. The van der Waals surface area contributed by atoms with Crippen LogP contribution in [0.3, 0.4) is 0 Å². The van der Waals surface area contributed by atoms with E-state index in [4.69, 9.17) is 5.11 Å². The number of hydrogen-bond acceptors (Lipinski definition) is 0. The molecule has 2 heteroatoms. The highest BCUT2D eigenvalue weighted by molar-refractivity contribution is 8.17. The van der Waals surface area contributed by atoms with Gasteiger partial charge >= 0.3 is 0 Å². The Morgan fingerprint density at radius 1 is 1.50 bits per heavy atom. The average molecular weight is 128 g/mol. The molecule has 1 N–H and O–H groups in total. The molecular formula is C6H8OS. The first-order chi connectivity index (χ1) is 3.80. The van der Waals surface area contributed by atoms with Crippen LogP contribution in [0.1, 0.15) is 0 Å². The summed E-state index contributed by atoms with van der Waals surface area (Å²) in [7, 11) is -0.0301. The summed E-state index contributed by atoms with van der Waals surface area (Å²) >= 11 is 0. The van der Waals surface area contributed by atoms with E-state index in [1.54, 1.807) is 6.08 Å². The molecule has 0 aromatic carbocycles. The summed E-state index contributed by atoms with van der Waals surface area (Å²) in [6, 6.07) is 0. The third kappa shape index (κ3) is 1.08. The molecule has 1 atom stereocenters. The molecule has 1 aliphatic rings. The molecule has 1 nitrogen and oxygen atoms in total. The van der Waals surface area contributed by atoms with Crippen molar-refractivity contribution in [2.24, 2.45) is 0 Å². The molecule has 0 radical (unpaired) electrons. The van der Waals surface area contributed by atoms with Gasteiger partial charge in [0.25, 0.3) is 0 Å². The van der Waals surface area contributed by atoms with Crippen LogP contribution in [0.2, 0.25) is 0 Å². The molecule has 1 rings (SSSR count). The predicted molar refractivity (Wildman–Crippen MR) is 39.4 cm³/mol. The zero-order valence-corrected chi connectivity index (χ0v) is 5.48.